The molecule has 1 heterocycles. The summed E-state index contributed by atoms with van der Waals surface area (Å²) in [6, 6.07) is 15.7. The molecular formula is C19H16FNO2. The van der Waals surface area contributed by atoms with Crippen LogP contribution in [0, 0.1) is 19.7 Å². The van der Waals surface area contributed by atoms with Gasteiger partial charge < -0.3 is 9.67 Å². The van der Waals surface area contributed by atoms with Gasteiger partial charge in [0.05, 0.1) is 16.9 Å². The lowest BCUT2D eigenvalue weighted by Gasteiger charge is -2.13. The van der Waals surface area contributed by atoms with E-state index in [9.17, 15) is 14.3 Å². The predicted molar refractivity (Wildman–Crippen MR) is 87.6 cm³/mol. The summed E-state index contributed by atoms with van der Waals surface area (Å²) in [5, 5.41) is 9.40. The van der Waals surface area contributed by atoms with Gasteiger partial charge in [-0.25, -0.2) is 9.18 Å². The van der Waals surface area contributed by atoms with Gasteiger partial charge in [0.2, 0.25) is 0 Å². The molecule has 0 spiro atoms. The zero-order chi connectivity index (χ0) is 16.6. The van der Waals surface area contributed by atoms with Crippen molar-refractivity contribution in [2.45, 2.75) is 13.8 Å². The van der Waals surface area contributed by atoms with Gasteiger partial charge in [-0.1, -0.05) is 42.0 Å². The van der Waals surface area contributed by atoms with E-state index in [2.05, 4.69) is 0 Å². The normalized spacial score (nSPS) is 10.7. The highest BCUT2D eigenvalue weighted by atomic mass is 19.1. The highest BCUT2D eigenvalue weighted by Crippen LogP contribution is 2.30. The first-order chi connectivity index (χ1) is 11.0. The van der Waals surface area contributed by atoms with Crippen molar-refractivity contribution in [2.75, 3.05) is 0 Å². The van der Waals surface area contributed by atoms with Crippen LogP contribution in [0.25, 0.3) is 16.9 Å². The standard InChI is InChI=1S/C19H16FNO2/c1-12-7-9-14(10-8-12)18-11-15(19(22)23)13(2)21(18)17-6-4-3-5-16(17)20/h3-11H,1-2H3,(H,22,23). The van der Waals surface area contributed by atoms with E-state index in [0.717, 1.165) is 11.1 Å². The molecule has 3 aromatic rings. The number of aromatic carboxylic acids is 1. The maximum absolute atomic E-state index is 14.3. The number of carbonyl (C=O) groups is 1. The van der Waals surface area contributed by atoms with Gasteiger partial charge in [0.1, 0.15) is 5.82 Å². The Hall–Kier alpha value is -2.88. The van der Waals surface area contributed by atoms with E-state index < -0.39 is 11.8 Å². The van der Waals surface area contributed by atoms with E-state index in [1.165, 1.54) is 6.07 Å². The SMILES string of the molecule is Cc1ccc(-c2cc(C(=O)O)c(C)n2-c2ccccc2F)cc1. The Balaban J connectivity index is 2.31. The summed E-state index contributed by atoms with van der Waals surface area (Å²) in [6.07, 6.45) is 0. The first-order valence-electron chi connectivity index (χ1n) is 7.26. The lowest BCUT2D eigenvalue weighted by molar-refractivity contribution is 0.0696. The molecule has 1 N–H and O–H groups in total. The molecule has 3 nitrogen and oxygen atoms in total. The fraction of sp³-hybridized carbons (Fsp3) is 0.105. The number of hydrogen-bond donors (Lipinski definition) is 1. The van der Waals surface area contributed by atoms with Crippen LogP contribution in [0.4, 0.5) is 4.39 Å². The van der Waals surface area contributed by atoms with E-state index in [-0.39, 0.29) is 5.56 Å². The van der Waals surface area contributed by atoms with Crippen molar-refractivity contribution in [3.8, 4) is 16.9 Å². The molecule has 0 bridgehead atoms. The van der Waals surface area contributed by atoms with E-state index in [4.69, 9.17) is 0 Å². The molecule has 4 heteroatoms. The molecule has 23 heavy (non-hydrogen) atoms. The molecule has 0 amide bonds. The van der Waals surface area contributed by atoms with Gasteiger partial charge in [0.15, 0.2) is 0 Å². The third kappa shape index (κ3) is 2.63. The predicted octanol–water partition coefficient (Wildman–Crippen LogP) is 4.60. The van der Waals surface area contributed by atoms with Crippen LogP contribution < -0.4 is 0 Å². The van der Waals surface area contributed by atoms with Gasteiger partial charge in [0, 0.05) is 5.69 Å². The first kappa shape index (κ1) is 15.0. The van der Waals surface area contributed by atoms with Crippen molar-refractivity contribution >= 4 is 5.97 Å². The third-order valence-electron chi connectivity index (χ3n) is 3.92. The molecule has 116 valence electrons. The van der Waals surface area contributed by atoms with Crippen LogP contribution in [0.15, 0.2) is 54.6 Å². The zero-order valence-electron chi connectivity index (χ0n) is 12.9. The molecule has 0 unspecified atom stereocenters. The van der Waals surface area contributed by atoms with Crippen molar-refractivity contribution in [1.82, 2.24) is 4.57 Å². The lowest BCUT2D eigenvalue weighted by atomic mass is 10.1. The summed E-state index contributed by atoms with van der Waals surface area (Å²) in [7, 11) is 0. The summed E-state index contributed by atoms with van der Waals surface area (Å²) in [6.45, 7) is 3.67. The molecule has 0 aliphatic carbocycles. The molecule has 3 rings (SSSR count). The average Bonchev–Trinajstić information content (AvgIpc) is 2.86. The van der Waals surface area contributed by atoms with Gasteiger partial charge in [-0.05, 0) is 37.6 Å². The fourth-order valence-electron chi connectivity index (χ4n) is 2.70. The van der Waals surface area contributed by atoms with Crippen molar-refractivity contribution in [3.63, 3.8) is 0 Å². The Morgan fingerprint density at radius 2 is 1.70 bits per heavy atom. The summed E-state index contributed by atoms with van der Waals surface area (Å²) in [5.41, 5.74) is 3.61. The molecule has 0 radical (unpaired) electrons. The van der Waals surface area contributed by atoms with E-state index in [1.54, 1.807) is 35.8 Å². The molecule has 0 atom stereocenters. The maximum atomic E-state index is 14.3. The van der Waals surface area contributed by atoms with Crippen molar-refractivity contribution < 1.29 is 14.3 Å². The van der Waals surface area contributed by atoms with Crippen LogP contribution in [0.2, 0.25) is 0 Å². The van der Waals surface area contributed by atoms with Crippen LogP contribution in [0.3, 0.4) is 0 Å². The second-order valence-corrected chi connectivity index (χ2v) is 5.49. The monoisotopic (exact) mass is 309 g/mol. The summed E-state index contributed by atoms with van der Waals surface area (Å²) in [4.78, 5) is 11.5. The van der Waals surface area contributed by atoms with Crippen LogP contribution in [0.5, 0.6) is 0 Å². The molecule has 1 aromatic heterocycles. The Labute approximate surface area is 133 Å². The number of carboxylic acids is 1. The molecule has 0 saturated heterocycles. The number of nitrogens with zero attached hydrogens (tertiary/aromatic N) is 1. The average molecular weight is 309 g/mol. The Morgan fingerprint density at radius 1 is 1.04 bits per heavy atom. The van der Waals surface area contributed by atoms with Crippen molar-refractivity contribution in [1.29, 1.82) is 0 Å². The second kappa shape index (κ2) is 5.72. The highest BCUT2D eigenvalue weighted by Gasteiger charge is 2.20. The largest absolute Gasteiger partial charge is 0.478 e. The quantitative estimate of drug-likeness (QED) is 0.768. The van der Waals surface area contributed by atoms with E-state index in [0.29, 0.717) is 17.1 Å². The van der Waals surface area contributed by atoms with Crippen LogP contribution in [-0.4, -0.2) is 15.6 Å². The number of benzene rings is 2. The van der Waals surface area contributed by atoms with E-state index >= 15 is 0 Å². The van der Waals surface area contributed by atoms with E-state index in [1.807, 2.05) is 31.2 Å². The fourth-order valence-corrected chi connectivity index (χ4v) is 2.70. The van der Waals surface area contributed by atoms with Crippen LogP contribution in [-0.2, 0) is 0 Å². The van der Waals surface area contributed by atoms with Crippen molar-refractivity contribution in [2.24, 2.45) is 0 Å². The number of rotatable bonds is 3. The molecule has 2 aromatic carbocycles. The number of para-hydroxylation sites is 1. The van der Waals surface area contributed by atoms with Crippen LogP contribution in [0.1, 0.15) is 21.6 Å². The van der Waals surface area contributed by atoms with Crippen molar-refractivity contribution in [3.05, 3.63) is 77.2 Å². The topological polar surface area (TPSA) is 42.2 Å². The Morgan fingerprint density at radius 3 is 2.30 bits per heavy atom. The van der Waals surface area contributed by atoms with Gasteiger partial charge in [-0.3, -0.25) is 0 Å². The Kier molecular flexibility index (Phi) is 3.74. The minimum atomic E-state index is -1.02. The summed E-state index contributed by atoms with van der Waals surface area (Å²) >= 11 is 0. The van der Waals surface area contributed by atoms with Gasteiger partial charge in [-0.2, -0.15) is 0 Å². The third-order valence-corrected chi connectivity index (χ3v) is 3.92. The molecule has 0 saturated carbocycles. The molecule has 0 aliphatic heterocycles. The van der Waals surface area contributed by atoms with Gasteiger partial charge in [0.25, 0.3) is 0 Å². The zero-order valence-corrected chi connectivity index (χ0v) is 12.9. The maximum Gasteiger partial charge on any atom is 0.337 e. The van der Waals surface area contributed by atoms with Gasteiger partial charge in [-0.15, -0.1) is 0 Å². The number of halogens is 1. The minimum Gasteiger partial charge on any atom is -0.478 e. The molecule has 0 aliphatic rings. The number of aromatic nitrogens is 1. The number of carboxylic acid groups (broad SMARTS) is 1. The second-order valence-electron chi connectivity index (χ2n) is 5.49. The summed E-state index contributed by atoms with van der Waals surface area (Å²) in [5.74, 6) is -1.41. The minimum absolute atomic E-state index is 0.170. The molecule has 0 fully saturated rings. The van der Waals surface area contributed by atoms with Crippen LogP contribution >= 0.6 is 0 Å². The molecular weight excluding hydrogens is 293 g/mol. The lowest BCUT2D eigenvalue weighted by Crippen LogP contribution is -2.04. The smallest absolute Gasteiger partial charge is 0.337 e. The Bertz CT molecular complexity index is 879. The first-order valence-corrected chi connectivity index (χ1v) is 7.26. The number of hydrogen-bond acceptors (Lipinski definition) is 1. The summed E-state index contributed by atoms with van der Waals surface area (Å²) < 4.78 is 15.9. The highest BCUT2D eigenvalue weighted by molar-refractivity contribution is 5.91. The van der Waals surface area contributed by atoms with Gasteiger partial charge >= 0.3 is 5.97 Å². The number of aryl methyl sites for hydroxylation is 1.